The molecule has 0 radical (unpaired) electrons. The molecule has 0 aromatic heterocycles. The Hall–Kier alpha value is -1.44. The van der Waals surface area contributed by atoms with Gasteiger partial charge in [-0.25, -0.2) is 14.6 Å². The maximum atomic E-state index is 13.1. The SMILES string of the molecule is NNC(=O)c1ccc(CSc2ccc(F)c(F)c2)c(Br)c1. The van der Waals surface area contributed by atoms with Crippen LogP contribution in [0.4, 0.5) is 8.78 Å². The lowest BCUT2D eigenvalue weighted by molar-refractivity contribution is 0.0953. The number of hydrogen-bond acceptors (Lipinski definition) is 3. The molecule has 0 aliphatic rings. The molecule has 0 saturated heterocycles. The van der Waals surface area contributed by atoms with Crippen molar-refractivity contribution in [2.75, 3.05) is 0 Å². The van der Waals surface area contributed by atoms with Gasteiger partial charge in [0, 0.05) is 20.7 Å². The van der Waals surface area contributed by atoms with Crippen LogP contribution in [-0.4, -0.2) is 5.91 Å². The van der Waals surface area contributed by atoms with Gasteiger partial charge in [0.15, 0.2) is 11.6 Å². The van der Waals surface area contributed by atoms with Gasteiger partial charge in [-0.05, 0) is 35.9 Å². The molecular weight excluding hydrogens is 362 g/mol. The second-order valence-electron chi connectivity index (χ2n) is 4.14. The van der Waals surface area contributed by atoms with Crippen molar-refractivity contribution >= 4 is 33.6 Å². The van der Waals surface area contributed by atoms with E-state index in [9.17, 15) is 13.6 Å². The first-order chi connectivity index (χ1) is 10.0. The summed E-state index contributed by atoms with van der Waals surface area (Å²) in [4.78, 5) is 12.0. The molecule has 0 bridgehead atoms. The van der Waals surface area contributed by atoms with Crippen molar-refractivity contribution in [1.29, 1.82) is 0 Å². The number of amides is 1. The van der Waals surface area contributed by atoms with Crippen molar-refractivity contribution in [1.82, 2.24) is 5.43 Å². The zero-order valence-corrected chi connectivity index (χ0v) is 13.1. The summed E-state index contributed by atoms with van der Waals surface area (Å²) >= 11 is 4.74. The van der Waals surface area contributed by atoms with E-state index in [1.807, 2.05) is 0 Å². The summed E-state index contributed by atoms with van der Waals surface area (Å²) < 4.78 is 26.7. The maximum absolute atomic E-state index is 13.1. The predicted molar refractivity (Wildman–Crippen MR) is 81.7 cm³/mol. The number of nitrogens with two attached hydrogens (primary N) is 1. The normalized spacial score (nSPS) is 10.5. The number of nitrogen functional groups attached to an aromatic ring is 1. The van der Waals surface area contributed by atoms with Crippen LogP contribution >= 0.6 is 27.7 Å². The third kappa shape index (κ3) is 4.03. The van der Waals surface area contributed by atoms with Gasteiger partial charge in [0.25, 0.3) is 5.91 Å². The monoisotopic (exact) mass is 372 g/mol. The quantitative estimate of drug-likeness (QED) is 0.373. The third-order valence-corrected chi connectivity index (χ3v) is 4.51. The van der Waals surface area contributed by atoms with Crippen LogP contribution in [0.15, 0.2) is 45.8 Å². The Morgan fingerprint density at radius 1 is 1.19 bits per heavy atom. The van der Waals surface area contributed by atoms with Gasteiger partial charge in [-0.3, -0.25) is 10.2 Å². The van der Waals surface area contributed by atoms with Gasteiger partial charge in [-0.1, -0.05) is 22.0 Å². The number of hydrazine groups is 1. The highest BCUT2D eigenvalue weighted by Gasteiger charge is 2.08. The Kier molecular flexibility index (Phi) is 5.33. The zero-order valence-electron chi connectivity index (χ0n) is 10.7. The van der Waals surface area contributed by atoms with Gasteiger partial charge < -0.3 is 0 Å². The third-order valence-electron chi connectivity index (χ3n) is 2.73. The Morgan fingerprint density at radius 2 is 1.95 bits per heavy atom. The predicted octanol–water partition coefficient (Wildman–Crippen LogP) is 3.62. The van der Waals surface area contributed by atoms with Crippen LogP contribution < -0.4 is 11.3 Å². The molecule has 2 aromatic carbocycles. The number of hydrogen-bond donors (Lipinski definition) is 2. The average molecular weight is 373 g/mol. The molecule has 0 fully saturated rings. The molecule has 1 amide bonds. The molecule has 21 heavy (non-hydrogen) atoms. The molecule has 0 saturated carbocycles. The molecule has 3 N–H and O–H groups in total. The van der Waals surface area contributed by atoms with E-state index < -0.39 is 11.6 Å². The fraction of sp³-hybridized carbons (Fsp3) is 0.0714. The topological polar surface area (TPSA) is 55.1 Å². The van der Waals surface area contributed by atoms with Gasteiger partial charge in [-0.15, -0.1) is 11.8 Å². The van der Waals surface area contributed by atoms with Crippen molar-refractivity contribution in [2.45, 2.75) is 10.6 Å². The standard InChI is InChI=1S/C14H11BrF2N2OS/c15-11-5-8(14(20)19-18)1-2-9(11)7-21-10-3-4-12(16)13(17)6-10/h1-6H,7,18H2,(H,19,20). The first-order valence-corrected chi connectivity index (χ1v) is 7.66. The molecule has 0 unspecified atom stereocenters. The van der Waals surface area contributed by atoms with E-state index in [2.05, 4.69) is 21.4 Å². The highest BCUT2D eigenvalue weighted by molar-refractivity contribution is 9.10. The number of rotatable bonds is 4. The van der Waals surface area contributed by atoms with Crippen LogP contribution in [-0.2, 0) is 5.75 Å². The Morgan fingerprint density at radius 3 is 2.57 bits per heavy atom. The Bertz CT molecular complexity index is 682. The summed E-state index contributed by atoms with van der Waals surface area (Å²) in [6, 6.07) is 8.86. The molecule has 2 rings (SSSR count). The second kappa shape index (κ2) is 7.02. The molecule has 2 aromatic rings. The second-order valence-corrected chi connectivity index (χ2v) is 6.05. The van der Waals surface area contributed by atoms with E-state index in [0.717, 1.165) is 22.2 Å². The van der Waals surface area contributed by atoms with Crippen molar-refractivity contribution in [3.63, 3.8) is 0 Å². The number of nitrogens with one attached hydrogen (secondary N) is 1. The summed E-state index contributed by atoms with van der Waals surface area (Å²) in [6.07, 6.45) is 0. The molecule has 7 heteroatoms. The summed E-state index contributed by atoms with van der Waals surface area (Å²) in [7, 11) is 0. The Labute approximate surface area is 133 Å². The first kappa shape index (κ1) is 15.9. The van der Waals surface area contributed by atoms with E-state index in [1.165, 1.54) is 17.8 Å². The lowest BCUT2D eigenvalue weighted by atomic mass is 10.1. The number of halogens is 3. The van der Waals surface area contributed by atoms with Gasteiger partial charge in [0.1, 0.15) is 0 Å². The van der Waals surface area contributed by atoms with Crippen molar-refractivity contribution in [3.05, 3.63) is 63.6 Å². The summed E-state index contributed by atoms with van der Waals surface area (Å²) in [5.41, 5.74) is 3.42. The van der Waals surface area contributed by atoms with Crippen LogP contribution in [0, 0.1) is 11.6 Å². The fourth-order valence-corrected chi connectivity index (χ4v) is 3.25. The largest absolute Gasteiger partial charge is 0.290 e. The van der Waals surface area contributed by atoms with E-state index in [4.69, 9.17) is 5.84 Å². The average Bonchev–Trinajstić information content (AvgIpc) is 2.48. The molecule has 110 valence electrons. The maximum Gasteiger partial charge on any atom is 0.265 e. The molecule has 0 aliphatic carbocycles. The van der Waals surface area contributed by atoms with Gasteiger partial charge >= 0.3 is 0 Å². The molecule has 0 spiro atoms. The van der Waals surface area contributed by atoms with Crippen LogP contribution in [0.2, 0.25) is 0 Å². The molecule has 0 aliphatic heterocycles. The highest BCUT2D eigenvalue weighted by Crippen LogP contribution is 2.28. The van der Waals surface area contributed by atoms with Crippen molar-refractivity contribution in [3.8, 4) is 0 Å². The number of thioether (sulfide) groups is 1. The minimum absolute atomic E-state index is 0.379. The summed E-state index contributed by atoms with van der Waals surface area (Å²) in [5.74, 6) is 3.51. The number of carbonyl (C=O) groups is 1. The van der Waals surface area contributed by atoms with E-state index in [0.29, 0.717) is 16.2 Å². The van der Waals surface area contributed by atoms with Crippen LogP contribution in [0.5, 0.6) is 0 Å². The van der Waals surface area contributed by atoms with Crippen LogP contribution in [0.3, 0.4) is 0 Å². The van der Waals surface area contributed by atoms with Gasteiger partial charge in [0.2, 0.25) is 0 Å². The minimum Gasteiger partial charge on any atom is -0.290 e. The van der Waals surface area contributed by atoms with Crippen LogP contribution in [0.1, 0.15) is 15.9 Å². The lowest BCUT2D eigenvalue weighted by Crippen LogP contribution is -2.29. The van der Waals surface area contributed by atoms with Gasteiger partial charge in [0.05, 0.1) is 0 Å². The number of carbonyl (C=O) groups excluding carboxylic acids is 1. The molecular formula is C14H11BrF2N2OS. The van der Waals surface area contributed by atoms with Crippen molar-refractivity contribution < 1.29 is 13.6 Å². The fourth-order valence-electron chi connectivity index (χ4n) is 1.62. The zero-order chi connectivity index (χ0) is 15.4. The first-order valence-electron chi connectivity index (χ1n) is 5.88. The number of benzene rings is 2. The van der Waals surface area contributed by atoms with E-state index in [1.54, 1.807) is 18.2 Å². The summed E-state index contributed by atoms with van der Waals surface area (Å²) in [6.45, 7) is 0. The molecule has 0 heterocycles. The highest BCUT2D eigenvalue weighted by atomic mass is 79.9. The minimum atomic E-state index is -0.867. The van der Waals surface area contributed by atoms with E-state index >= 15 is 0 Å². The molecule has 3 nitrogen and oxygen atoms in total. The van der Waals surface area contributed by atoms with Crippen molar-refractivity contribution in [2.24, 2.45) is 5.84 Å². The van der Waals surface area contributed by atoms with Gasteiger partial charge in [-0.2, -0.15) is 0 Å². The van der Waals surface area contributed by atoms with Crippen LogP contribution in [0.25, 0.3) is 0 Å². The Balaban J connectivity index is 2.09. The summed E-state index contributed by atoms with van der Waals surface area (Å²) in [5, 5.41) is 0. The smallest absolute Gasteiger partial charge is 0.265 e. The lowest BCUT2D eigenvalue weighted by Gasteiger charge is -2.07. The molecule has 0 atom stereocenters. The van der Waals surface area contributed by atoms with E-state index in [-0.39, 0.29) is 5.91 Å².